The lowest BCUT2D eigenvalue weighted by atomic mass is 10.2. The zero-order valence-corrected chi connectivity index (χ0v) is 14.3. The maximum Gasteiger partial charge on any atom is 0.348 e. The summed E-state index contributed by atoms with van der Waals surface area (Å²) in [5.41, 5.74) is 1.15. The van der Waals surface area contributed by atoms with Crippen LogP contribution in [-0.4, -0.2) is 34.1 Å². The second-order valence-corrected chi connectivity index (χ2v) is 7.13. The number of nitrogens with zero attached hydrogens (tertiary/aromatic N) is 1. The number of methoxy groups -OCH3 is 1. The summed E-state index contributed by atoms with van der Waals surface area (Å²) in [6.07, 6.45) is 0.500. The molecule has 130 valence electrons. The molecule has 0 spiro atoms. The third-order valence-electron chi connectivity index (χ3n) is 3.74. The molecule has 0 unspecified atom stereocenters. The minimum Gasteiger partial charge on any atom is -0.475 e. The van der Waals surface area contributed by atoms with Crippen molar-refractivity contribution in [3.8, 4) is 5.75 Å². The lowest BCUT2D eigenvalue weighted by Gasteiger charge is -2.33. The molecule has 0 saturated carbocycles. The van der Waals surface area contributed by atoms with Crippen molar-refractivity contribution in [2.45, 2.75) is 6.10 Å². The number of hydrogen-bond donors (Lipinski definition) is 0. The minimum atomic E-state index is -3.80. The number of hydrogen-bond acceptors (Lipinski definition) is 5. The van der Waals surface area contributed by atoms with Crippen LogP contribution in [0.2, 0.25) is 0 Å². The van der Waals surface area contributed by atoms with Gasteiger partial charge in [0.25, 0.3) is 10.0 Å². The van der Waals surface area contributed by atoms with E-state index in [1.807, 2.05) is 18.2 Å². The smallest absolute Gasteiger partial charge is 0.348 e. The number of sulfonamides is 1. The molecule has 0 N–H and O–H groups in total. The van der Waals surface area contributed by atoms with E-state index in [1.165, 1.54) is 13.2 Å². The molecule has 0 radical (unpaired) electrons. The van der Waals surface area contributed by atoms with Crippen LogP contribution < -0.4 is 9.04 Å². The van der Waals surface area contributed by atoms with Crippen molar-refractivity contribution >= 4 is 27.8 Å². The van der Waals surface area contributed by atoms with E-state index in [4.69, 9.17) is 9.47 Å². The van der Waals surface area contributed by atoms with Gasteiger partial charge >= 0.3 is 5.97 Å². The van der Waals surface area contributed by atoms with Crippen LogP contribution in [0.1, 0.15) is 5.56 Å². The predicted molar refractivity (Wildman–Crippen MR) is 94.6 cm³/mol. The Morgan fingerprint density at radius 3 is 2.56 bits per heavy atom. The lowest BCUT2D eigenvalue weighted by molar-refractivity contribution is -0.148. The number of carbonyl (C=O) groups excluding carboxylic acids is 1. The quantitative estimate of drug-likeness (QED) is 0.784. The first-order valence-corrected chi connectivity index (χ1v) is 9.11. The minimum absolute atomic E-state index is 0.148. The maximum atomic E-state index is 12.8. The zero-order valence-electron chi connectivity index (χ0n) is 13.5. The van der Waals surface area contributed by atoms with Crippen molar-refractivity contribution in [3.63, 3.8) is 0 Å². The van der Waals surface area contributed by atoms with Crippen LogP contribution >= 0.6 is 0 Å². The molecule has 25 heavy (non-hydrogen) atoms. The van der Waals surface area contributed by atoms with Gasteiger partial charge in [-0.1, -0.05) is 42.5 Å². The fourth-order valence-corrected chi connectivity index (χ4v) is 3.74. The molecule has 1 aliphatic rings. The first kappa shape index (κ1) is 17.0. The zero-order chi connectivity index (χ0) is 17.9. The van der Waals surface area contributed by atoms with Crippen LogP contribution in [0.4, 0.5) is 5.69 Å². The summed E-state index contributed by atoms with van der Waals surface area (Å²) in [6.45, 7) is -0.148. The van der Waals surface area contributed by atoms with Gasteiger partial charge in [0, 0.05) is 0 Å². The van der Waals surface area contributed by atoms with E-state index < -0.39 is 22.1 Å². The molecule has 0 amide bonds. The topological polar surface area (TPSA) is 72.9 Å². The van der Waals surface area contributed by atoms with Gasteiger partial charge in [0.05, 0.1) is 24.7 Å². The molecular formula is C18H17NO5S. The van der Waals surface area contributed by atoms with E-state index in [9.17, 15) is 13.2 Å². The van der Waals surface area contributed by atoms with Gasteiger partial charge in [0.1, 0.15) is 5.75 Å². The number of ether oxygens (including phenoxy) is 2. The maximum absolute atomic E-state index is 12.8. The second-order valence-electron chi connectivity index (χ2n) is 5.39. The molecule has 3 rings (SSSR count). The van der Waals surface area contributed by atoms with Gasteiger partial charge in [-0.15, -0.1) is 0 Å². The number of fused-ring (bicyclic) bond motifs is 1. The van der Waals surface area contributed by atoms with Crippen molar-refractivity contribution in [3.05, 3.63) is 65.6 Å². The molecule has 6 nitrogen and oxygen atoms in total. The Morgan fingerprint density at radius 1 is 1.16 bits per heavy atom. The Kier molecular flexibility index (Phi) is 4.76. The van der Waals surface area contributed by atoms with Crippen LogP contribution in [0.3, 0.4) is 0 Å². The summed E-state index contributed by atoms with van der Waals surface area (Å²) in [7, 11) is -2.57. The molecule has 0 aliphatic carbocycles. The highest BCUT2D eigenvalue weighted by atomic mass is 32.2. The van der Waals surface area contributed by atoms with Gasteiger partial charge in [0.2, 0.25) is 6.10 Å². The Bertz CT molecular complexity index is 893. The van der Waals surface area contributed by atoms with Gasteiger partial charge in [-0.2, -0.15) is 0 Å². The fourth-order valence-electron chi connectivity index (χ4n) is 2.50. The van der Waals surface area contributed by atoms with E-state index in [0.717, 1.165) is 15.3 Å². The van der Waals surface area contributed by atoms with Crippen LogP contribution in [-0.2, 0) is 19.6 Å². The van der Waals surface area contributed by atoms with Crippen molar-refractivity contribution in [2.24, 2.45) is 0 Å². The second kappa shape index (κ2) is 6.98. The largest absolute Gasteiger partial charge is 0.475 e. The van der Waals surface area contributed by atoms with E-state index >= 15 is 0 Å². The summed E-state index contributed by atoms with van der Waals surface area (Å²) < 4.78 is 37.0. The summed E-state index contributed by atoms with van der Waals surface area (Å²) in [5.74, 6) is -0.303. The fraction of sp³-hybridized carbons (Fsp3) is 0.167. The molecule has 0 saturated heterocycles. The average Bonchev–Trinajstić information content (AvgIpc) is 2.65. The van der Waals surface area contributed by atoms with Crippen LogP contribution in [0.25, 0.3) is 6.08 Å². The van der Waals surface area contributed by atoms with E-state index in [2.05, 4.69) is 0 Å². The highest BCUT2D eigenvalue weighted by Crippen LogP contribution is 2.35. The first-order chi connectivity index (χ1) is 12.0. The van der Waals surface area contributed by atoms with Crippen molar-refractivity contribution < 1.29 is 22.7 Å². The Balaban J connectivity index is 1.96. The van der Waals surface area contributed by atoms with Crippen LogP contribution in [0.15, 0.2) is 60.0 Å². The number of benzene rings is 2. The predicted octanol–water partition coefficient (Wildman–Crippen LogP) is 2.43. The highest BCUT2D eigenvalue weighted by Gasteiger charge is 2.36. The Hall–Kier alpha value is -2.80. The summed E-state index contributed by atoms with van der Waals surface area (Å²) in [6, 6.07) is 15.8. The Labute approximate surface area is 146 Å². The van der Waals surface area contributed by atoms with Gasteiger partial charge in [-0.05, 0) is 23.8 Å². The molecule has 0 fully saturated rings. The summed E-state index contributed by atoms with van der Waals surface area (Å²) >= 11 is 0. The molecule has 1 aliphatic heterocycles. The van der Waals surface area contributed by atoms with Gasteiger partial charge in [-0.3, -0.25) is 4.31 Å². The summed E-state index contributed by atoms with van der Waals surface area (Å²) in [4.78, 5) is 11.8. The molecule has 2 aromatic carbocycles. The van der Waals surface area contributed by atoms with E-state index in [0.29, 0.717) is 11.4 Å². The number of rotatable bonds is 4. The van der Waals surface area contributed by atoms with Crippen molar-refractivity contribution in [1.29, 1.82) is 0 Å². The molecule has 1 heterocycles. The highest BCUT2D eigenvalue weighted by molar-refractivity contribution is 7.95. The number of para-hydroxylation sites is 2. The van der Waals surface area contributed by atoms with Crippen molar-refractivity contribution in [1.82, 2.24) is 0 Å². The molecule has 0 bridgehead atoms. The normalized spacial score (nSPS) is 17.0. The number of esters is 1. The standard InChI is InChI=1S/C18H17NO5S/c1-23-18(20)17-13-19(15-9-5-6-10-16(15)24-17)25(21,22)12-11-14-7-3-2-4-8-14/h2-12,17H,13H2,1H3/b12-11+/t17-/m0/s1. The average molecular weight is 359 g/mol. The molecule has 0 aromatic heterocycles. The van der Waals surface area contributed by atoms with Crippen molar-refractivity contribution in [2.75, 3.05) is 18.0 Å². The summed E-state index contributed by atoms with van der Waals surface area (Å²) in [5, 5.41) is 1.12. The number of anilines is 1. The van der Waals surface area contributed by atoms with E-state index in [-0.39, 0.29) is 6.54 Å². The first-order valence-electron chi connectivity index (χ1n) is 7.60. The van der Waals surface area contributed by atoms with Gasteiger partial charge in [-0.25, -0.2) is 13.2 Å². The third-order valence-corrected chi connectivity index (χ3v) is 5.18. The van der Waals surface area contributed by atoms with Gasteiger partial charge in [0.15, 0.2) is 0 Å². The Morgan fingerprint density at radius 2 is 1.84 bits per heavy atom. The van der Waals surface area contributed by atoms with E-state index in [1.54, 1.807) is 36.4 Å². The van der Waals surface area contributed by atoms with Crippen LogP contribution in [0, 0.1) is 0 Å². The number of carbonyl (C=O) groups is 1. The molecule has 2 aromatic rings. The molecular weight excluding hydrogens is 342 g/mol. The van der Waals surface area contributed by atoms with Gasteiger partial charge < -0.3 is 9.47 Å². The van der Waals surface area contributed by atoms with Crippen LogP contribution in [0.5, 0.6) is 5.75 Å². The molecule has 7 heteroatoms. The lowest BCUT2D eigenvalue weighted by Crippen LogP contribution is -2.46. The SMILES string of the molecule is COC(=O)[C@@H]1CN(S(=O)(=O)/C=C/c2ccccc2)c2ccccc2O1. The third kappa shape index (κ3) is 3.66. The molecule has 1 atom stereocenters. The monoisotopic (exact) mass is 359 g/mol.